The van der Waals surface area contributed by atoms with E-state index in [4.69, 9.17) is 20.6 Å². The molecule has 0 amide bonds. The Morgan fingerprint density at radius 1 is 1.73 bits per heavy atom. The molecule has 11 heavy (non-hydrogen) atoms. The fraction of sp³-hybridized carbons (Fsp3) is 0.667. The average Bonchev–Trinajstić information content (AvgIpc) is 1.80. The molecule has 8 heteroatoms. The third-order valence-electron chi connectivity index (χ3n) is 0.739. The molecule has 0 aliphatic carbocycles. The maximum atomic E-state index is 10.0. The number of aliphatic carboxylic acids is 1. The highest BCUT2D eigenvalue weighted by molar-refractivity contribution is 8.06. The molecular formula is C3H8NO5PS. The normalized spacial score (nSPS) is 14.5. The van der Waals surface area contributed by atoms with Crippen molar-refractivity contribution in [3.05, 3.63) is 0 Å². The number of hydrogen-bond donors (Lipinski definition) is 4. The van der Waals surface area contributed by atoms with Crippen LogP contribution in [0.3, 0.4) is 0 Å². The van der Waals surface area contributed by atoms with Crippen molar-refractivity contribution in [2.45, 2.75) is 6.04 Å². The van der Waals surface area contributed by atoms with Crippen molar-refractivity contribution in [1.29, 1.82) is 0 Å². The number of carbonyl (C=O) groups is 1. The van der Waals surface area contributed by atoms with E-state index in [0.29, 0.717) is 0 Å². The van der Waals surface area contributed by atoms with Gasteiger partial charge in [0.1, 0.15) is 6.04 Å². The summed E-state index contributed by atoms with van der Waals surface area (Å²) in [6.07, 6.45) is 0. The predicted molar refractivity (Wildman–Crippen MR) is 40.3 cm³/mol. The van der Waals surface area contributed by atoms with E-state index < -0.39 is 25.3 Å². The molecule has 0 saturated heterocycles. The van der Waals surface area contributed by atoms with Crippen molar-refractivity contribution < 1.29 is 24.2 Å². The van der Waals surface area contributed by atoms with Crippen LogP contribution in [0.4, 0.5) is 0 Å². The Morgan fingerprint density at radius 2 is 2.18 bits per heavy atom. The maximum Gasteiger partial charge on any atom is 0.322 e. The Hall–Kier alpha value is -0.0400. The summed E-state index contributed by atoms with van der Waals surface area (Å²) >= 11 is 4.04. The van der Waals surface area contributed by atoms with Gasteiger partial charge in [0.2, 0.25) is 0 Å². The van der Waals surface area contributed by atoms with Gasteiger partial charge in [-0.1, -0.05) is 0 Å². The van der Waals surface area contributed by atoms with Gasteiger partial charge in [0.05, 0.1) is 6.61 Å². The predicted octanol–water partition coefficient (Wildman–Crippen LogP) is -1.38. The molecule has 0 aliphatic heterocycles. The van der Waals surface area contributed by atoms with Crippen molar-refractivity contribution >= 4 is 24.5 Å². The minimum absolute atomic E-state index is 0.500. The smallest absolute Gasteiger partial charge is 0.322 e. The first kappa shape index (κ1) is 11.0. The van der Waals surface area contributed by atoms with Gasteiger partial charge in [0.25, 0.3) is 0 Å². The number of carboxylic acid groups (broad SMARTS) is 1. The van der Waals surface area contributed by atoms with E-state index in [0.717, 1.165) is 0 Å². The number of rotatable bonds is 4. The maximum absolute atomic E-state index is 10.0. The monoisotopic (exact) mass is 201 g/mol. The molecule has 0 heterocycles. The van der Waals surface area contributed by atoms with Gasteiger partial charge in [-0.05, 0) is 11.8 Å². The lowest BCUT2D eigenvalue weighted by molar-refractivity contribution is -0.139. The second-order valence-electron chi connectivity index (χ2n) is 1.73. The third-order valence-corrected chi connectivity index (χ3v) is 1.54. The number of carboxylic acids is 1. The van der Waals surface area contributed by atoms with Crippen LogP contribution >= 0.6 is 6.72 Å². The highest BCUT2D eigenvalue weighted by Gasteiger charge is 2.16. The van der Waals surface area contributed by atoms with Gasteiger partial charge in [-0.25, -0.2) is 0 Å². The van der Waals surface area contributed by atoms with E-state index in [1.807, 2.05) is 0 Å². The molecule has 5 N–H and O–H groups in total. The first-order chi connectivity index (χ1) is 4.83. The Labute approximate surface area is 67.8 Å². The Kier molecular flexibility index (Phi) is 4.09. The first-order valence-electron chi connectivity index (χ1n) is 2.51. The Morgan fingerprint density at radius 3 is 2.45 bits per heavy atom. The summed E-state index contributed by atoms with van der Waals surface area (Å²) in [6, 6.07) is -1.28. The number of hydrogen-bond acceptors (Lipinski definition) is 4. The molecular weight excluding hydrogens is 193 g/mol. The van der Waals surface area contributed by atoms with Gasteiger partial charge in [0, 0.05) is 0 Å². The van der Waals surface area contributed by atoms with E-state index in [2.05, 4.69) is 16.3 Å². The summed E-state index contributed by atoms with van der Waals surface area (Å²) in [6.45, 7) is -4.27. The van der Waals surface area contributed by atoms with E-state index in [9.17, 15) is 4.79 Å². The van der Waals surface area contributed by atoms with Crippen LogP contribution < -0.4 is 5.73 Å². The topological polar surface area (TPSA) is 113 Å². The van der Waals surface area contributed by atoms with E-state index >= 15 is 0 Å². The zero-order valence-electron chi connectivity index (χ0n) is 5.38. The first-order valence-corrected chi connectivity index (χ1v) is 5.14. The summed E-state index contributed by atoms with van der Waals surface area (Å²) in [5, 5.41) is 8.19. The van der Waals surface area contributed by atoms with Crippen LogP contribution in [0.25, 0.3) is 0 Å². The van der Waals surface area contributed by atoms with Gasteiger partial charge in [-0.3, -0.25) is 4.79 Å². The molecule has 0 spiro atoms. The van der Waals surface area contributed by atoms with Crippen molar-refractivity contribution in [3.63, 3.8) is 0 Å². The molecule has 0 aromatic carbocycles. The molecule has 0 saturated carbocycles. The minimum Gasteiger partial charge on any atom is -0.480 e. The lowest BCUT2D eigenvalue weighted by atomic mass is 10.3. The molecule has 1 unspecified atom stereocenters. The average molecular weight is 201 g/mol. The fourth-order valence-electron chi connectivity index (χ4n) is 0.249. The molecule has 0 bridgehead atoms. The Bertz CT molecular complexity index is 190. The lowest BCUT2D eigenvalue weighted by Crippen LogP contribution is -2.34. The van der Waals surface area contributed by atoms with Gasteiger partial charge in [0.15, 0.2) is 0 Å². The van der Waals surface area contributed by atoms with Crippen molar-refractivity contribution in [2.75, 3.05) is 6.61 Å². The van der Waals surface area contributed by atoms with E-state index in [1.165, 1.54) is 0 Å². The molecule has 0 aliphatic rings. The summed E-state index contributed by atoms with van der Waals surface area (Å²) in [4.78, 5) is 26.9. The van der Waals surface area contributed by atoms with Gasteiger partial charge in [-0.2, -0.15) is 0 Å². The summed E-state index contributed by atoms with van der Waals surface area (Å²) in [5.41, 5.74) is 4.95. The summed E-state index contributed by atoms with van der Waals surface area (Å²) in [7, 11) is 0. The summed E-state index contributed by atoms with van der Waals surface area (Å²) in [5.74, 6) is -1.28. The van der Waals surface area contributed by atoms with E-state index in [-0.39, 0.29) is 0 Å². The number of nitrogens with two attached hydrogens (primary N) is 1. The zero-order valence-corrected chi connectivity index (χ0v) is 7.09. The van der Waals surface area contributed by atoms with Crippen LogP contribution in [0.1, 0.15) is 0 Å². The van der Waals surface area contributed by atoms with Crippen molar-refractivity contribution in [2.24, 2.45) is 5.73 Å². The fourth-order valence-corrected chi connectivity index (χ4v) is 0.786. The molecule has 0 rings (SSSR count). The molecule has 0 fully saturated rings. The highest BCUT2D eigenvalue weighted by Crippen LogP contribution is 2.35. The molecule has 0 aromatic heterocycles. The van der Waals surface area contributed by atoms with Crippen molar-refractivity contribution in [3.8, 4) is 0 Å². The van der Waals surface area contributed by atoms with Crippen LogP contribution in [0.2, 0.25) is 0 Å². The quantitative estimate of drug-likeness (QED) is 0.415. The van der Waals surface area contributed by atoms with Gasteiger partial charge >= 0.3 is 12.7 Å². The molecule has 0 radical (unpaired) electrons. The molecule has 1 atom stereocenters. The lowest BCUT2D eigenvalue weighted by Gasteiger charge is -2.10. The molecule has 0 aromatic rings. The van der Waals surface area contributed by atoms with Crippen molar-refractivity contribution in [1.82, 2.24) is 0 Å². The second-order valence-corrected chi connectivity index (χ2v) is 4.40. The standard InChI is InChI=1S/C3H8NO5PS/c4-2(3(5)6)1-9-10(7,8)11/h2H,1,4H2,(H,5,6)(H2,7,8,11). The summed E-state index contributed by atoms with van der Waals surface area (Å²) < 4.78 is 4.18. The minimum atomic E-state index is -3.77. The highest BCUT2D eigenvalue weighted by atomic mass is 32.5. The zero-order chi connectivity index (χ0) is 9.07. The van der Waals surface area contributed by atoms with Crippen LogP contribution in [-0.4, -0.2) is 33.5 Å². The SMILES string of the molecule is NC(COP(O)(O)=S)C(=O)O. The molecule has 6 nitrogen and oxygen atoms in total. The largest absolute Gasteiger partial charge is 0.480 e. The third kappa shape index (κ3) is 6.36. The van der Waals surface area contributed by atoms with Crippen LogP contribution in [0.15, 0.2) is 0 Å². The second kappa shape index (κ2) is 4.10. The van der Waals surface area contributed by atoms with E-state index in [1.54, 1.807) is 0 Å². The van der Waals surface area contributed by atoms with Gasteiger partial charge in [-0.15, -0.1) is 0 Å². The van der Waals surface area contributed by atoms with Crippen LogP contribution in [-0.2, 0) is 21.1 Å². The van der Waals surface area contributed by atoms with Gasteiger partial charge < -0.3 is 25.2 Å². The molecule has 66 valence electrons. The van der Waals surface area contributed by atoms with Crippen LogP contribution in [0.5, 0.6) is 0 Å². The Balaban J connectivity index is 3.72. The van der Waals surface area contributed by atoms with Crippen LogP contribution in [0, 0.1) is 0 Å².